The van der Waals surface area contributed by atoms with E-state index in [2.05, 4.69) is 48.2 Å². The molecule has 19 heavy (non-hydrogen) atoms. The first-order chi connectivity index (χ1) is 8.67. The molecule has 0 aromatic carbocycles. The van der Waals surface area contributed by atoms with Gasteiger partial charge in [-0.05, 0) is 46.1 Å². The first-order valence-corrected chi connectivity index (χ1v) is 7.43. The Morgan fingerprint density at radius 2 is 1.95 bits per heavy atom. The van der Waals surface area contributed by atoms with Gasteiger partial charge in [-0.1, -0.05) is 6.92 Å². The molecular formula is C14H31IN4. The SMILES string of the molecule is CCNC(=NCC(C)N1CCCC(C)C1)NCC.I. The minimum absolute atomic E-state index is 0. The van der Waals surface area contributed by atoms with Crippen molar-refractivity contribution in [1.29, 1.82) is 0 Å². The van der Waals surface area contributed by atoms with Crippen LogP contribution in [0.25, 0.3) is 0 Å². The van der Waals surface area contributed by atoms with Crippen LogP contribution >= 0.6 is 24.0 Å². The van der Waals surface area contributed by atoms with Crippen molar-refractivity contribution in [2.45, 2.75) is 46.6 Å². The summed E-state index contributed by atoms with van der Waals surface area (Å²) >= 11 is 0. The number of halogens is 1. The van der Waals surface area contributed by atoms with Crippen LogP contribution in [0.4, 0.5) is 0 Å². The van der Waals surface area contributed by atoms with E-state index >= 15 is 0 Å². The third kappa shape index (κ3) is 7.34. The van der Waals surface area contributed by atoms with E-state index in [1.807, 2.05) is 0 Å². The quantitative estimate of drug-likeness (QED) is 0.436. The van der Waals surface area contributed by atoms with Gasteiger partial charge in [0.1, 0.15) is 0 Å². The highest BCUT2D eigenvalue weighted by Crippen LogP contribution is 2.17. The lowest BCUT2D eigenvalue weighted by Crippen LogP contribution is -2.43. The molecule has 0 amide bonds. The van der Waals surface area contributed by atoms with Crippen molar-refractivity contribution in [2.75, 3.05) is 32.7 Å². The smallest absolute Gasteiger partial charge is 0.191 e. The second-order valence-corrected chi connectivity index (χ2v) is 5.34. The number of piperidine rings is 1. The number of hydrogen-bond donors (Lipinski definition) is 2. The lowest BCUT2D eigenvalue weighted by Gasteiger charge is -2.35. The molecule has 0 aliphatic carbocycles. The van der Waals surface area contributed by atoms with Crippen LogP contribution in [0, 0.1) is 5.92 Å². The minimum atomic E-state index is 0. The lowest BCUT2D eigenvalue weighted by atomic mass is 9.99. The molecule has 1 rings (SSSR count). The molecule has 1 fully saturated rings. The molecule has 1 aliphatic rings. The van der Waals surface area contributed by atoms with E-state index < -0.39 is 0 Å². The molecule has 5 heteroatoms. The zero-order chi connectivity index (χ0) is 13.4. The Kier molecular flexibility index (Phi) is 10.7. The number of guanidine groups is 1. The van der Waals surface area contributed by atoms with E-state index in [1.165, 1.54) is 25.9 Å². The highest BCUT2D eigenvalue weighted by molar-refractivity contribution is 14.0. The molecule has 0 saturated carbocycles. The number of nitrogens with zero attached hydrogens (tertiary/aromatic N) is 2. The second-order valence-electron chi connectivity index (χ2n) is 5.34. The van der Waals surface area contributed by atoms with Crippen LogP contribution in [0.3, 0.4) is 0 Å². The van der Waals surface area contributed by atoms with Gasteiger partial charge in [-0.15, -0.1) is 24.0 Å². The molecule has 1 saturated heterocycles. The molecule has 0 spiro atoms. The van der Waals surface area contributed by atoms with Gasteiger partial charge in [0.05, 0.1) is 6.54 Å². The van der Waals surface area contributed by atoms with Crippen molar-refractivity contribution in [2.24, 2.45) is 10.9 Å². The van der Waals surface area contributed by atoms with Crippen molar-refractivity contribution in [3.63, 3.8) is 0 Å². The van der Waals surface area contributed by atoms with E-state index in [4.69, 9.17) is 0 Å². The van der Waals surface area contributed by atoms with E-state index in [1.54, 1.807) is 0 Å². The molecule has 0 bridgehead atoms. The third-order valence-corrected chi connectivity index (χ3v) is 3.51. The van der Waals surface area contributed by atoms with Gasteiger partial charge in [0.2, 0.25) is 0 Å². The number of nitrogens with one attached hydrogen (secondary N) is 2. The zero-order valence-electron chi connectivity index (χ0n) is 12.9. The predicted molar refractivity (Wildman–Crippen MR) is 94.5 cm³/mol. The fourth-order valence-electron chi connectivity index (χ4n) is 2.47. The first-order valence-electron chi connectivity index (χ1n) is 7.43. The van der Waals surface area contributed by atoms with Gasteiger partial charge in [-0.3, -0.25) is 9.89 Å². The normalized spacial score (nSPS) is 21.2. The number of hydrogen-bond acceptors (Lipinski definition) is 2. The summed E-state index contributed by atoms with van der Waals surface area (Å²) in [4.78, 5) is 7.23. The maximum Gasteiger partial charge on any atom is 0.191 e. The summed E-state index contributed by atoms with van der Waals surface area (Å²) in [7, 11) is 0. The largest absolute Gasteiger partial charge is 0.357 e. The molecule has 0 aromatic rings. The molecule has 2 atom stereocenters. The van der Waals surface area contributed by atoms with E-state index in [9.17, 15) is 0 Å². The fraction of sp³-hybridized carbons (Fsp3) is 0.929. The Hall–Kier alpha value is -0.0400. The fourth-order valence-corrected chi connectivity index (χ4v) is 2.47. The van der Waals surface area contributed by atoms with Gasteiger partial charge >= 0.3 is 0 Å². The van der Waals surface area contributed by atoms with Crippen molar-refractivity contribution < 1.29 is 0 Å². The van der Waals surface area contributed by atoms with E-state index in [-0.39, 0.29) is 24.0 Å². The standard InChI is InChI=1S/C14H30N4.HI/c1-5-15-14(16-6-2)17-10-13(4)18-9-7-8-12(3)11-18;/h12-13H,5-11H2,1-4H3,(H2,15,16,17);1H. The van der Waals surface area contributed by atoms with Crippen LogP contribution in [-0.4, -0.2) is 49.6 Å². The summed E-state index contributed by atoms with van der Waals surface area (Å²) in [5.74, 6) is 1.78. The summed E-state index contributed by atoms with van der Waals surface area (Å²) in [6.07, 6.45) is 2.72. The Morgan fingerprint density at radius 3 is 2.47 bits per heavy atom. The van der Waals surface area contributed by atoms with Gasteiger partial charge in [0.15, 0.2) is 5.96 Å². The van der Waals surface area contributed by atoms with Gasteiger partial charge in [0.25, 0.3) is 0 Å². The van der Waals surface area contributed by atoms with E-state index in [0.29, 0.717) is 6.04 Å². The minimum Gasteiger partial charge on any atom is -0.357 e. The second kappa shape index (κ2) is 10.7. The molecule has 1 aliphatic heterocycles. The van der Waals surface area contributed by atoms with Crippen LogP contribution in [0.5, 0.6) is 0 Å². The van der Waals surface area contributed by atoms with Crippen LogP contribution in [-0.2, 0) is 0 Å². The van der Waals surface area contributed by atoms with Crippen LogP contribution in [0.1, 0.15) is 40.5 Å². The maximum atomic E-state index is 4.66. The van der Waals surface area contributed by atoms with Crippen molar-refractivity contribution >= 4 is 29.9 Å². The summed E-state index contributed by atoms with van der Waals surface area (Å²) in [5, 5.41) is 6.54. The molecule has 1 heterocycles. The highest BCUT2D eigenvalue weighted by Gasteiger charge is 2.20. The van der Waals surface area contributed by atoms with Gasteiger partial charge < -0.3 is 10.6 Å². The first kappa shape index (κ1) is 19.0. The Balaban J connectivity index is 0.00000324. The van der Waals surface area contributed by atoms with Crippen LogP contribution < -0.4 is 10.6 Å². The molecule has 4 nitrogen and oxygen atoms in total. The number of likely N-dealkylation sites (tertiary alicyclic amines) is 1. The summed E-state index contributed by atoms with van der Waals surface area (Å²) in [6, 6.07) is 0.542. The predicted octanol–water partition coefficient (Wildman–Crippen LogP) is 2.30. The van der Waals surface area contributed by atoms with Crippen LogP contribution in [0.15, 0.2) is 4.99 Å². The monoisotopic (exact) mass is 382 g/mol. The molecule has 0 aromatic heterocycles. The average Bonchev–Trinajstić information content (AvgIpc) is 2.36. The average molecular weight is 382 g/mol. The summed E-state index contributed by atoms with van der Waals surface area (Å²) < 4.78 is 0. The highest BCUT2D eigenvalue weighted by atomic mass is 127. The molecule has 114 valence electrons. The van der Waals surface area contributed by atoms with E-state index in [0.717, 1.165) is 31.5 Å². The summed E-state index contributed by atoms with van der Waals surface area (Å²) in [6.45, 7) is 14.0. The molecular weight excluding hydrogens is 351 g/mol. The van der Waals surface area contributed by atoms with Crippen molar-refractivity contribution in [3.8, 4) is 0 Å². The van der Waals surface area contributed by atoms with Gasteiger partial charge in [-0.2, -0.15) is 0 Å². The zero-order valence-corrected chi connectivity index (χ0v) is 15.2. The van der Waals surface area contributed by atoms with Crippen LogP contribution in [0.2, 0.25) is 0 Å². The molecule has 2 N–H and O–H groups in total. The number of aliphatic imine (C=N–C) groups is 1. The topological polar surface area (TPSA) is 39.7 Å². The third-order valence-electron chi connectivity index (χ3n) is 3.51. The summed E-state index contributed by atoms with van der Waals surface area (Å²) in [5.41, 5.74) is 0. The van der Waals surface area contributed by atoms with Gasteiger partial charge in [0, 0.05) is 25.7 Å². The Morgan fingerprint density at radius 1 is 1.32 bits per heavy atom. The maximum absolute atomic E-state index is 4.66. The molecule has 2 unspecified atom stereocenters. The van der Waals surface area contributed by atoms with Crippen molar-refractivity contribution in [1.82, 2.24) is 15.5 Å². The Labute approximate surface area is 135 Å². The van der Waals surface area contributed by atoms with Crippen molar-refractivity contribution in [3.05, 3.63) is 0 Å². The lowest BCUT2D eigenvalue weighted by molar-refractivity contribution is 0.142. The number of rotatable bonds is 5. The Bertz CT molecular complexity index is 250. The van der Waals surface area contributed by atoms with Gasteiger partial charge in [-0.25, -0.2) is 0 Å². The molecule has 0 radical (unpaired) electrons.